The standard InChI is InChI=1S/C19H15N5S/c1-11-24-16-7-12(3-4-17(16)25-11)14-8-15(14)13-9-22-19(23-10-13)18-20-5-2-6-21-18/h2-7,9-10,14-15H,8H2,1H3. The van der Waals surface area contributed by atoms with E-state index in [0.717, 1.165) is 16.9 Å². The van der Waals surface area contributed by atoms with Crippen LogP contribution in [-0.2, 0) is 0 Å². The van der Waals surface area contributed by atoms with E-state index in [1.54, 1.807) is 29.8 Å². The third kappa shape index (κ3) is 2.68. The summed E-state index contributed by atoms with van der Waals surface area (Å²) in [5.74, 6) is 2.16. The van der Waals surface area contributed by atoms with E-state index in [0.29, 0.717) is 23.5 Å². The van der Waals surface area contributed by atoms with Crippen LogP contribution in [0.25, 0.3) is 21.9 Å². The van der Waals surface area contributed by atoms with Crippen LogP contribution in [0.3, 0.4) is 0 Å². The molecule has 6 heteroatoms. The van der Waals surface area contributed by atoms with Crippen LogP contribution in [-0.4, -0.2) is 24.9 Å². The quantitative estimate of drug-likeness (QED) is 0.559. The highest BCUT2D eigenvalue weighted by Crippen LogP contribution is 2.54. The van der Waals surface area contributed by atoms with Crippen molar-refractivity contribution in [2.45, 2.75) is 25.2 Å². The Hall–Kier alpha value is -2.73. The number of aromatic nitrogens is 5. The largest absolute Gasteiger partial charge is 0.242 e. The van der Waals surface area contributed by atoms with Crippen molar-refractivity contribution in [3.63, 3.8) is 0 Å². The first kappa shape index (κ1) is 14.6. The van der Waals surface area contributed by atoms with Gasteiger partial charge in [-0.1, -0.05) is 6.07 Å². The Morgan fingerprint density at radius 2 is 1.64 bits per heavy atom. The van der Waals surface area contributed by atoms with Crippen LogP contribution in [0.15, 0.2) is 49.1 Å². The maximum atomic E-state index is 4.61. The molecule has 3 heterocycles. The molecule has 0 bridgehead atoms. The van der Waals surface area contributed by atoms with Gasteiger partial charge in [-0.05, 0) is 54.5 Å². The highest BCUT2D eigenvalue weighted by atomic mass is 32.1. The minimum atomic E-state index is 0.489. The molecule has 122 valence electrons. The summed E-state index contributed by atoms with van der Waals surface area (Å²) in [6.07, 6.45) is 8.36. The Bertz CT molecular complexity index is 1040. The lowest BCUT2D eigenvalue weighted by molar-refractivity contribution is 0.978. The number of hydrogen-bond acceptors (Lipinski definition) is 6. The molecule has 0 aliphatic heterocycles. The van der Waals surface area contributed by atoms with Crippen molar-refractivity contribution in [3.8, 4) is 11.6 Å². The lowest BCUT2D eigenvalue weighted by Gasteiger charge is -2.02. The number of nitrogens with zero attached hydrogens (tertiary/aromatic N) is 5. The van der Waals surface area contributed by atoms with Gasteiger partial charge in [0.25, 0.3) is 0 Å². The van der Waals surface area contributed by atoms with E-state index in [9.17, 15) is 0 Å². The highest BCUT2D eigenvalue weighted by molar-refractivity contribution is 7.18. The van der Waals surface area contributed by atoms with Crippen molar-refractivity contribution in [1.29, 1.82) is 0 Å². The minimum absolute atomic E-state index is 0.489. The van der Waals surface area contributed by atoms with Gasteiger partial charge < -0.3 is 0 Å². The van der Waals surface area contributed by atoms with Gasteiger partial charge >= 0.3 is 0 Å². The molecule has 1 aromatic carbocycles. The summed E-state index contributed by atoms with van der Waals surface area (Å²) in [5, 5.41) is 1.12. The smallest absolute Gasteiger partial charge is 0.197 e. The number of aryl methyl sites for hydroxylation is 1. The normalized spacial score (nSPS) is 19.2. The van der Waals surface area contributed by atoms with Crippen LogP contribution in [0, 0.1) is 6.92 Å². The Kier molecular flexibility index (Phi) is 3.31. The van der Waals surface area contributed by atoms with Gasteiger partial charge in [0.2, 0.25) is 0 Å². The van der Waals surface area contributed by atoms with E-state index >= 15 is 0 Å². The van der Waals surface area contributed by atoms with Gasteiger partial charge in [-0.3, -0.25) is 0 Å². The second-order valence-corrected chi connectivity index (χ2v) is 7.56. The summed E-state index contributed by atoms with van der Waals surface area (Å²) in [5.41, 5.74) is 3.65. The molecule has 2 unspecified atom stereocenters. The van der Waals surface area contributed by atoms with E-state index in [1.807, 2.05) is 12.4 Å². The molecular formula is C19H15N5S. The summed E-state index contributed by atoms with van der Waals surface area (Å²) in [6, 6.07) is 8.44. The first-order valence-corrected chi connectivity index (χ1v) is 9.06. The molecule has 3 aromatic heterocycles. The van der Waals surface area contributed by atoms with E-state index in [1.165, 1.54) is 15.8 Å². The maximum Gasteiger partial charge on any atom is 0.197 e. The topological polar surface area (TPSA) is 64.5 Å². The minimum Gasteiger partial charge on any atom is -0.242 e. The zero-order chi connectivity index (χ0) is 16.8. The number of rotatable bonds is 3. The molecule has 2 atom stereocenters. The van der Waals surface area contributed by atoms with Gasteiger partial charge in [0, 0.05) is 24.8 Å². The first-order chi connectivity index (χ1) is 12.3. The molecule has 1 fully saturated rings. The summed E-state index contributed by atoms with van der Waals surface area (Å²) >= 11 is 1.75. The van der Waals surface area contributed by atoms with Gasteiger partial charge in [-0.15, -0.1) is 11.3 Å². The first-order valence-electron chi connectivity index (χ1n) is 8.24. The molecule has 0 radical (unpaired) electrons. The molecular weight excluding hydrogens is 330 g/mol. The number of benzene rings is 1. The van der Waals surface area contributed by atoms with Crippen LogP contribution in [0.1, 0.15) is 34.4 Å². The number of thiazole rings is 1. The molecule has 0 spiro atoms. The van der Waals surface area contributed by atoms with Crippen molar-refractivity contribution in [2.24, 2.45) is 0 Å². The van der Waals surface area contributed by atoms with Crippen molar-refractivity contribution in [2.75, 3.05) is 0 Å². The maximum absolute atomic E-state index is 4.61. The Labute approximate surface area is 148 Å². The van der Waals surface area contributed by atoms with Crippen LogP contribution in [0.5, 0.6) is 0 Å². The second-order valence-electron chi connectivity index (χ2n) is 6.32. The van der Waals surface area contributed by atoms with E-state index in [-0.39, 0.29) is 0 Å². The van der Waals surface area contributed by atoms with Crippen molar-refractivity contribution in [3.05, 3.63) is 65.2 Å². The molecule has 25 heavy (non-hydrogen) atoms. The van der Waals surface area contributed by atoms with Gasteiger partial charge in [0.1, 0.15) is 0 Å². The zero-order valence-electron chi connectivity index (χ0n) is 13.6. The fourth-order valence-electron chi connectivity index (χ4n) is 3.28. The molecule has 1 aliphatic carbocycles. The fourth-order valence-corrected chi connectivity index (χ4v) is 4.09. The average Bonchev–Trinajstić information content (AvgIpc) is 3.36. The van der Waals surface area contributed by atoms with E-state index < -0.39 is 0 Å². The van der Waals surface area contributed by atoms with E-state index in [4.69, 9.17) is 0 Å². The zero-order valence-corrected chi connectivity index (χ0v) is 14.4. The predicted octanol–water partition coefficient (Wildman–Crippen LogP) is 4.12. The summed E-state index contributed by atoms with van der Waals surface area (Å²) in [4.78, 5) is 21.9. The molecule has 5 nitrogen and oxygen atoms in total. The third-order valence-electron chi connectivity index (χ3n) is 4.60. The molecule has 5 rings (SSSR count). The summed E-state index contributed by atoms with van der Waals surface area (Å²) < 4.78 is 1.26. The van der Waals surface area contributed by atoms with Crippen LogP contribution in [0.4, 0.5) is 0 Å². The molecule has 0 saturated heterocycles. The Morgan fingerprint density at radius 3 is 2.44 bits per heavy atom. The summed E-state index contributed by atoms with van der Waals surface area (Å²) in [6.45, 7) is 2.06. The van der Waals surface area contributed by atoms with Crippen molar-refractivity contribution >= 4 is 21.6 Å². The van der Waals surface area contributed by atoms with Gasteiger partial charge in [0.05, 0.1) is 15.2 Å². The van der Waals surface area contributed by atoms with Gasteiger partial charge in [-0.2, -0.15) is 0 Å². The lowest BCUT2D eigenvalue weighted by Crippen LogP contribution is -1.95. The third-order valence-corrected chi connectivity index (χ3v) is 5.55. The number of fused-ring (bicyclic) bond motifs is 1. The SMILES string of the molecule is Cc1nc2cc(C3CC3c3cnc(-c4ncccn4)nc3)ccc2s1. The van der Waals surface area contributed by atoms with Crippen molar-refractivity contribution < 1.29 is 0 Å². The molecule has 0 N–H and O–H groups in total. The predicted molar refractivity (Wildman–Crippen MR) is 97.5 cm³/mol. The Morgan fingerprint density at radius 1 is 0.920 bits per heavy atom. The summed E-state index contributed by atoms with van der Waals surface area (Å²) in [7, 11) is 0. The monoisotopic (exact) mass is 345 g/mol. The highest BCUT2D eigenvalue weighted by Gasteiger charge is 2.40. The van der Waals surface area contributed by atoms with Crippen molar-refractivity contribution in [1.82, 2.24) is 24.9 Å². The molecule has 1 saturated carbocycles. The van der Waals surface area contributed by atoms with Gasteiger partial charge in [0.15, 0.2) is 11.6 Å². The van der Waals surface area contributed by atoms with E-state index in [2.05, 4.69) is 50.0 Å². The molecule has 0 amide bonds. The van der Waals surface area contributed by atoms with Gasteiger partial charge in [-0.25, -0.2) is 24.9 Å². The average molecular weight is 345 g/mol. The van der Waals surface area contributed by atoms with Crippen LogP contribution < -0.4 is 0 Å². The fraction of sp³-hybridized carbons (Fsp3) is 0.211. The lowest BCUT2D eigenvalue weighted by atomic mass is 10.1. The molecule has 4 aromatic rings. The Balaban J connectivity index is 1.38. The van der Waals surface area contributed by atoms with Crippen LogP contribution in [0.2, 0.25) is 0 Å². The van der Waals surface area contributed by atoms with Crippen LogP contribution >= 0.6 is 11.3 Å². The number of hydrogen-bond donors (Lipinski definition) is 0. The molecule has 1 aliphatic rings. The second kappa shape index (κ2) is 5.67.